The lowest BCUT2D eigenvalue weighted by atomic mass is 9.81. The van der Waals surface area contributed by atoms with Crippen molar-refractivity contribution in [3.8, 4) is 0 Å². The van der Waals surface area contributed by atoms with Crippen molar-refractivity contribution in [2.45, 2.75) is 62.5 Å². The fraction of sp³-hybridized carbons (Fsp3) is 0.455. The number of amides is 1. The molecule has 0 saturated carbocycles. The average Bonchev–Trinajstić information content (AvgIpc) is 3.28. The molecule has 4 atom stereocenters. The number of aliphatic hydroxyl groups is 2. The van der Waals surface area contributed by atoms with Crippen LogP contribution >= 0.6 is 32.9 Å². The van der Waals surface area contributed by atoms with Gasteiger partial charge in [-0.2, -0.15) is 0 Å². The maximum atomic E-state index is 12.9. The molecule has 2 bridgehead atoms. The topological polar surface area (TPSA) is 117 Å². The lowest BCUT2D eigenvalue weighted by molar-refractivity contribution is -0.132. The first kappa shape index (κ1) is 24.9. The number of thiazole rings is 1. The van der Waals surface area contributed by atoms with Gasteiger partial charge in [-0.3, -0.25) is 14.4 Å². The molecule has 32 heavy (non-hydrogen) atoms. The summed E-state index contributed by atoms with van der Waals surface area (Å²) >= 11 is 1.40. The molecule has 2 aliphatic rings. The van der Waals surface area contributed by atoms with Crippen LogP contribution in [0, 0.1) is 0 Å². The zero-order valence-corrected chi connectivity index (χ0v) is 20.5. The number of fused-ring (bicyclic) bond motifs is 2. The number of hydrogen-bond acceptors (Lipinski definition) is 9. The zero-order chi connectivity index (χ0) is 23.5. The normalized spacial score (nSPS) is 36.2. The van der Waals surface area contributed by atoms with Gasteiger partial charge in [0.2, 0.25) is 11.0 Å². The van der Waals surface area contributed by atoms with E-state index in [9.17, 15) is 24.6 Å². The lowest BCUT2D eigenvalue weighted by Crippen LogP contribution is -2.52. The Labute approximate surface area is 198 Å². The summed E-state index contributed by atoms with van der Waals surface area (Å²) in [4.78, 5) is 42.0. The van der Waals surface area contributed by atoms with E-state index in [-0.39, 0.29) is 23.5 Å². The SMILES string of the molecule is C/C1=C\C(O)C(=O)/C=C\C=C\c2csc(n2)C(C)NC(=O)CC2(CC1)SSC(=O)C2(C)O. The summed E-state index contributed by atoms with van der Waals surface area (Å²) in [7, 11) is 2.17. The van der Waals surface area contributed by atoms with Gasteiger partial charge in [-0.25, -0.2) is 4.98 Å². The van der Waals surface area contributed by atoms with Crippen LogP contribution in [0.2, 0.25) is 0 Å². The van der Waals surface area contributed by atoms with Crippen LogP contribution in [0.25, 0.3) is 6.08 Å². The van der Waals surface area contributed by atoms with Gasteiger partial charge in [0.15, 0.2) is 5.78 Å². The molecule has 3 rings (SSSR count). The number of rotatable bonds is 0. The molecule has 172 valence electrons. The van der Waals surface area contributed by atoms with Crippen molar-refractivity contribution < 1.29 is 24.6 Å². The lowest BCUT2D eigenvalue weighted by Gasteiger charge is -2.36. The highest BCUT2D eigenvalue weighted by atomic mass is 33.1. The average molecular weight is 495 g/mol. The molecule has 0 aliphatic carbocycles. The predicted octanol–water partition coefficient (Wildman–Crippen LogP) is 3.36. The standard InChI is InChI=1S/C22H26N2O5S3/c1-13-8-9-22(21(3,29)20(28)31-32-22)11-18(27)23-14(2)19-24-15(12-30-19)6-4-5-7-16(25)17(26)10-13/h4-7,10,12,14,17,26,29H,8-9,11H2,1-3H3,(H,23,27)/b6-4+,7-5-,13-10+. The van der Waals surface area contributed by atoms with Crippen LogP contribution in [-0.2, 0) is 14.4 Å². The van der Waals surface area contributed by atoms with Crippen LogP contribution in [0.5, 0.6) is 0 Å². The molecular weight excluding hydrogens is 468 g/mol. The Hall–Kier alpha value is -1.72. The van der Waals surface area contributed by atoms with Gasteiger partial charge in [-0.1, -0.05) is 28.5 Å². The van der Waals surface area contributed by atoms with E-state index in [0.29, 0.717) is 18.5 Å². The van der Waals surface area contributed by atoms with E-state index < -0.39 is 22.2 Å². The molecular formula is C22H26N2O5S3. The fourth-order valence-electron chi connectivity index (χ4n) is 3.47. The molecule has 4 unspecified atom stereocenters. The third kappa shape index (κ3) is 5.43. The Bertz CT molecular complexity index is 997. The number of aliphatic hydroxyl groups excluding tert-OH is 1. The molecule has 0 radical (unpaired) electrons. The largest absolute Gasteiger partial charge is 0.381 e. The van der Waals surface area contributed by atoms with Gasteiger partial charge in [0.1, 0.15) is 16.7 Å². The monoisotopic (exact) mass is 494 g/mol. The van der Waals surface area contributed by atoms with Gasteiger partial charge in [-0.05, 0) is 62.6 Å². The molecule has 1 spiro atoms. The smallest absolute Gasteiger partial charge is 0.232 e. The Morgan fingerprint density at radius 1 is 1.22 bits per heavy atom. The molecule has 0 aromatic carbocycles. The number of allylic oxidation sites excluding steroid dienone is 3. The van der Waals surface area contributed by atoms with Crippen LogP contribution in [0.1, 0.15) is 56.8 Å². The third-order valence-electron chi connectivity index (χ3n) is 5.59. The number of ketones is 1. The fourth-order valence-corrected chi connectivity index (χ4v) is 7.66. The van der Waals surface area contributed by atoms with Gasteiger partial charge in [0.25, 0.3) is 0 Å². The number of aromatic nitrogens is 1. The highest BCUT2D eigenvalue weighted by Crippen LogP contribution is 2.58. The minimum atomic E-state index is -1.69. The second-order valence-corrected chi connectivity index (χ2v) is 11.6. The molecule has 7 nitrogen and oxygen atoms in total. The number of carbonyl (C=O) groups excluding carboxylic acids is 3. The van der Waals surface area contributed by atoms with Crippen molar-refractivity contribution >= 4 is 55.8 Å². The van der Waals surface area contributed by atoms with Gasteiger partial charge in [0, 0.05) is 11.8 Å². The summed E-state index contributed by atoms with van der Waals surface area (Å²) in [6.45, 7) is 5.06. The Kier molecular flexibility index (Phi) is 7.82. The van der Waals surface area contributed by atoms with E-state index in [2.05, 4.69) is 10.3 Å². The van der Waals surface area contributed by atoms with Crippen LogP contribution in [-0.4, -0.2) is 48.5 Å². The zero-order valence-electron chi connectivity index (χ0n) is 18.0. The van der Waals surface area contributed by atoms with E-state index in [0.717, 1.165) is 21.4 Å². The first-order valence-electron chi connectivity index (χ1n) is 10.2. The molecule has 1 fully saturated rings. The van der Waals surface area contributed by atoms with Crippen molar-refractivity contribution in [1.82, 2.24) is 10.3 Å². The van der Waals surface area contributed by atoms with Crippen molar-refractivity contribution in [2.24, 2.45) is 0 Å². The molecule has 3 heterocycles. The molecule has 1 saturated heterocycles. The summed E-state index contributed by atoms with van der Waals surface area (Å²) in [6, 6.07) is -0.334. The van der Waals surface area contributed by atoms with Crippen LogP contribution < -0.4 is 5.32 Å². The number of nitrogens with zero attached hydrogens (tertiary/aromatic N) is 1. The second kappa shape index (κ2) is 10.0. The number of nitrogens with one attached hydrogen (secondary N) is 1. The van der Waals surface area contributed by atoms with Gasteiger partial charge in [0.05, 0.1) is 16.5 Å². The maximum absolute atomic E-state index is 12.9. The molecule has 1 amide bonds. The molecule has 3 N–H and O–H groups in total. The third-order valence-corrected chi connectivity index (χ3v) is 9.99. The van der Waals surface area contributed by atoms with Crippen molar-refractivity contribution in [3.05, 3.63) is 46.0 Å². The summed E-state index contributed by atoms with van der Waals surface area (Å²) in [5, 5.41) is 26.3. The highest BCUT2D eigenvalue weighted by molar-refractivity contribution is 8.83. The maximum Gasteiger partial charge on any atom is 0.232 e. The Morgan fingerprint density at radius 2 is 1.94 bits per heavy atom. The Morgan fingerprint density at radius 3 is 2.62 bits per heavy atom. The second-order valence-electron chi connectivity index (χ2n) is 8.18. The van der Waals surface area contributed by atoms with E-state index in [4.69, 9.17) is 0 Å². The summed E-state index contributed by atoms with van der Waals surface area (Å²) in [6.07, 6.45) is 7.11. The predicted molar refractivity (Wildman–Crippen MR) is 129 cm³/mol. The summed E-state index contributed by atoms with van der Waals surface area (Å²) < 4.78 is -1.04. The van der Waals surface area contributed by atoms with Gasteiger partial charge >= 0.3 is 0 Å². The van der Waals surface area contributed by atoms with Gasteiger partial charge < -0.3 is 15.5 Å². The minimum absolute atomic E-state index is 0.0522. The Balaban J connectivity index is 1.94. The van der Waals surface area contributed by atoms with E-state index in [1.54, 1.807) is 25.2 Å². The van der Waals surface area contributed by atoms with Gasteiger partial charge in [-0.15, -0.1) is 11.3 Å². The first-order chi connectivity index (χ1) is 15.0. The van der Waals surface area contributed by atoms with E-state index >= 15 is 0 Å². The minimum Gasteiger partial charge on any atom is -0.381 e. The summed E-state index contributed by atoms with van der Waals surface area (Å²) in [5.74, 6) is -0.737. The summed E-state index contributed by atoms with van der Waals surface area (Å²) in [5.41, 5.74) is -0.271. The molecule has 1 aromatic heterocycles. The van der Waals surface area contributed by atoms with Crippen LogP contribution in [0.15, 0.2) is 35.3 Å². The van der Waals surface area contributed by atoms with Crippen molar-refractivity contribution in [3.63, 3.8) is 0 Å². The number of hydrogen-bond donors (Lipinski definition) is 3. The van der Waals surface area contributed by atoms with Crippen LogP contribution in [0.4, 0.5) is 0 Å². The van der Waals surface area contributed by atoms with E-state index in [1.165, 1.54) is 41.2 Å². The molecule has 2 aliphatic heterocycles. The first-order valence-corrected chi connectivity index (χ1v) is 13.2. The highest BCUT2D eigenvalue weighted by Gasteiger charge is 2.59. The molecule has 1 aromatic rings. The number of carbonyl (C=O) groups is 3. The quantitative estimate of drug-likeness (QED) is 0.371. The molecule has 10 heteroatoms. The van der Waals surface area contributed by atoms with Crippen molar-refractivity contribution in [1.29, 1.82) is 0 Å². The van der Waals surface area contributed by atoms with Crippen LogP contribution in [0.3, 0.4) is 0 Å². The van der Waals surface area contributed by atoms with Crippen molar-refractivity contribution in [2.75, 3.05) is 0 Å². The van der Waals surface area contributed by atoms with E-state index in [1.807, 2.05) is 12.3 Å².